The molecule has 0 radical (unpaired) electrons. The summed E-state index contributed by atoms with van der Waals surface area (Å²) in [6.07, 6.45) is 33.9. The largest absolute Gasteiger partial charge is 0.462 e. The predicted molar refractivity (Wildman–Crippen MR) is 314 cm³/mol. The van der Waals surface area contributed by atoms with Crippen molar-refractivity contribution < 1.29 is 60.8 Å². The van der Waals surface area contributed by atoms with Gasteiger partial charge in [0.1, 0.15) is 30.8 Å². The molecule has 19 nitrogen and oxygen atoms in total. The highest BCUT2D eigenvalue weighted by atomic mass is 32.2. The summed E-state index contributed by atoms with van der Waals surface area (Å²) in [5, 5.41) is 12.4. The molecule has 0 rings (SSSR count). The number of amides is 6. The Morgan fingerprint density at radius 3 is 1.39 bits per heavy atom. The molecule has 0 aromatic carbocycles. The molecule has 0 spiro atoms. The van der Waals surface area contributed by atoms with Crippen LogP contribution in [0.2, 0.25) is 0 Å². The third-order valence-electron chi connectivity index (χ3n) is 13.6. The molecule has 0 aliphatic heterocycles. The van der Waals surface area contributed by atoms with Crippen molar-refractivity contribution in [2.75, 3.05) is 37.0 Å². The van der Waals surface area contributed by atoms with Gasteiger partial charge in [0, 0.05) is 43.7 Å². The zero-order valence-electron chi connectivity index (χ0n) is 49.2. The normalized spacial score (nSPS) is 12.9. The second-order valence-corrected chi connectivity index (χ2v) is 23.9. The lowest BCUT2D eigenvalue weighted by molar-refractivity contribution is -0.157. The molecule has 0 heterocycles. The minimum absolute atomic E-state index is 0.0147. The molecule has 0 aromatic heterocycles. The summed E-state index contributed by atoms with van der Waals surface area (Å²) in [5.74, 6) is -5.54. The number of nitrogens with two attached hydrogens (primary N) is 1. The summed E-state index contributed by atoms with van der Waals surface area (Å²) >= 11 is 1.22. The molecule has 0 aromatic rings. The van der Waals surface area contributed by atoms with Gasteiger partial charge < -0.3 is 41.8 Å². The van der Waals surface area contributed by atoms with E-state index in [2.05, 4.69) is 47.4 Å². The summed E-state index contributed by atoms with van der Waals surface area (Å²) in [6.45, 7) is 6.94. The summed E-state index contributed by atoms with van der Waals surface area (Å²) < 4.78 is 42.1. The minimum Gasteiger partial charge on any atom is -0.462 e. The van der Waals surface area contributed by atoms with Crippen LogP contribution in [-0.2, 0) is 57.9 Å². The molecule has 4 atom stereocenters. The Labute approximate surface area is 480 Å². The molecule has 0 unspecified atom stereocenters. The summed E-state index contributed by atoms with van der Waals surface area (Å²) in [4.78, 5) is 103. The van der Waals surface area contributed by atoms with Gasteiger partial charge in [0.05, 0.1) is 12.3 Å². The van der Waals surface area contributed by atoms with Crippen LogP contribution in [0.15, 0.2) is 0 Å². The van der Waals surface area contributed by atoms with E-state index >= 15 is 0 Å². The molecular formula is C58H108N6O13S2. The lowest BCUT2D eigenvalue weighted by Crippen LogP contribution is -2.56. The maximum absolute atomic E-state index is 13.9. The average molecular weight is 1160 g/mol. The smallest absolute Gasteiger partial charge is 0.306 e. The van der Waals surface area contributed by atoms with Crippen molar-refractivity contribution >= 4 is 69.3 Å². The maximum Gasteiger partial charge on any atom is 0.306 e. The fourth-order valence-electron chi connectivity index (χ4n) is 8.74. The van der Waals surface area contributed by atoms with Crippen molar-refractivity contribution in [2.45, 2.75) is 283 Å². The first-order valence-electron chi connectivity index (χ1n) is 30.5. The Balaban J connectivity index is 5.76. The van der Waals surface area contributed by atoms with Gasteiger partial charge in [-0.3, -0.25) is 42.9 Å². The van der Waals surface area contributed by atoms with Crippen LogP contribution in [0.5, 0.6) is 0 Å². The van der Waals surface area contributed by atoms with Gasteiger partial charge in [-0.2, -0.15) is 20.2 Å². The van der Waals surface area contributed by atoms with Crippen LogP contribution >= 0.6 is 11.8 Å². The fraction of sp³-hybridized carbons (Fsp3) is 0.862. The second kappa shape index (κ2) is 50.9. The number of carbonyl (C=O) groups is 8. The first-order valence-corrected chi connectivity index (χ1v) is 33.3. The van der Waals surface area contributed by atoms with Gasteiger partial charge in [-0.15, -0.1) is 0 Å². The van der Waals surface area contributed by atoms with Crippen LogP contribution < -0.4 is 32.3 Å². The summed E-state index contributed by atoms with van der Waals surface area (Å²) in [7, 11) is -4.29. The Hall–Kier alpha value is -3.98. The predicted octanol–water partition coefficient (Wildman–Crippen LogP) is 9.36. The molecule has 6 amide bonds. The van der Waals surface area contributed by atoms with E-state index in [1.54, 1.807) is 0 Å². The average Bonchev–Trinajstić information content (AvgIpc) is 3.40. The van der Waals surface area contributed by atoms with E-state index in [0.29, 0.717) is 19.3 Å². The maximum atomic E-state index is 13.9. The molecule has 0 fully saturated rings. The van der Waals surface area contributed by atoms with Gasteiger partial charge in [-0.25, -0.2) is 0 Å². The van der Waals surface area contributed by atoms with E-state index in [0.717, 1.165) is 64.2 Å². The van der Waals surface area contributed by atoms with Gasteiger partial charge in [-0.1, -0.05) is 201 Å². The van der Waals surface area contributed by atoms with Crippen molar-refractivity contribution in [3.63, 3.8) is 0 Å². The fourth-order valence-corrected chi connectivity index (χ4v) is 10.1. The summed E-state index contributed by atoms with van der Waals surface area (Å²) in [6, 6.07) is -3.71. The SMILES string of the molecule is CCCCCCCCCCCCCCCC(=O)N[C@@H](CSC[C@@H](COC(=O)CCCCCCCCCCC)OC(=O)CCCCCCCCCCC)C(=O)N[C@@H](C)C(=O)N[C@H](CCC(=O)NCC(=O)NCCS(=O)(=O)O)C(N)=O. The van der Waals surface area contributed by atoms with E-state index in [1.165, 1.54) is 134 Å². The van der Waals surface area contributed by atoms with Gasteiger partial charge >= 0.3 is 11.9 Å². The van der Waals surface area contributed by atoms with Gasteiger partial charge in [0.15, 0.2) is 0 Å². The van der Waals surface area contributed by atoms with Crippen LogP contribution in [0, 0.1) is 0 Å². The van der Waals surface area contributed by atoms with Crippen LogP contribution in [-0.4, -0.2) is 122 Å². The molecule has 0 saturated carbocycles. The quantitative estimate of drug-likeness (QED) is 0.0170. The zero-order valence-corrected chi connectivity index (χ0v) is 50.9. The Morgan fingerprint density at radius 1 is 0.494 bits per heavy atom. The number of hydrogen-bond acceptors (Lipinski definition) is 13. The monoisotopic (exact) mass is 1160 g/mol. The number of rotatable bonds is 55. The third kappa shape index (κ3) is 48.4. The molecule has 0 saturated heterocycles. The van der Waals surface area contributed by atoms with Gasteiger partial charge in [0.2, 0.25) is 35.4 Å². The second-order valence-electron chi connectivity index (χ2n) is 21.2. The van der Waals surface area contributed by atoms with Crippen LogP contribution in [0.4, 0.5) is 0 Å². The number of thioether (sulfide) groups is 1. The van der Waals surface area contributed by atoms with Crippen LogP contribution in [0.25, 0.3) is 0 Å². The van der Waals surface area contributed by atoms with Crippen molar-refractivity contribution in [2.24, 2.45) is 5.73 Å². The standard InChI is InChI=1S/C58H108N6O13S2/c1-5-8-11-14-17-20-21-22-23-26-27-30-33-36-52(66)63-50(58(72)62-47(4)57(71)64-49(56(59)70)39-40-51(65)61-43-53(67)60-41-42-79(73,74)75)46-78-45-48(77-55(69)38-35-32-29-25-19-16-13-10-7-3)44-76-54(68)37-34-31-28-24-18-15-12-9-6-2/h47-50H,5-46H2,1-4H3,(H2,59,70)(H,60,67)(H,61,65)(H,62,72)(H,63,66)(H,64,71)(H,73,74,75)/t47-,48+,49+,50-/m0/s1. The highest BCUT2D eigenvalue weighted by Gasteiger charge is 2.28. The van der Waals surface area contributed by atoms with Crippen molar-refractivity contribution in [1.29, 1.82) is 0 Å². The lowest BCUT2D eigenvalue weighted by atomic mass is 10.0. The number of carbonyl (C=O) groups excluding carboxylic acids is 8. The minimum atomic E-state index is -4.29. The number of primary amides is 1. The molecule has 0 aliphatic carbocycles. The molecule has 0 aliphatic rings. The topological polar surface area (TPSA) is 296 Å². The summed E-state index contributed by atoms with van der Waals surface area (Å²) in [5.41, 5.74) is 5.54. The highest BCUT2D eigenvalue weighted by molar-refractivity contribution is 7.99. The zero-order chi connectivity index (χ0) is 58.8. The van der Waals surface area contributed by atoms with Gasteiger partial charge in [-0.05, 0) is 32.6 Å². The molecule has 8 N–H and O–H groups in total. The van der Waals surface area contributed by atoms with E-state index in [9.17, 15) is 46.8 Å². The molecule has 79 heavy (non-hydrogen) atoms. The van der Waals surface area contributed by atoms with E-state index in [-0.39, 0.29) is 68.6 Å². The molecule has 460 valence electrons. The van der Waals surface area contributed by atoms with E-state index in [4.69, 9.17) is 19.8 Å². The molecule has 21 heteroatoms. The van der Waals surface area contributed by atoms with Crippen LogP contribution in [0.1, 0.15) is 259 Å². The van der Waals surface area contributed by atoms with Crippen LogP contribution in [0.3, 0.4) is 0 Å². The Bertz CT molecular complexity index is 1780. The first kappa shape index (κ1) is 75.0. The molecule has 0 bridgehead atoms. The number of hydrogen-bond donors (Lipinski definition) is 7. The number of esters is 2. The lowest BCUT2D eigenvalue weighted by Gasteiger charge is -2.23. The molecular weight excluding hydrogens is 1050 g/mol. The van der Waals surface area contributed by atoms with E-state index < -0.39 is 82.2 Å². The van der Waals surface area contributed by atoms with Gasteiger partial charge in [0.25, 0.3) is 10.1 Å². The van der Waals surface area contributed by atoms with Crippen molar-refractivity contribution in [3.05, 3.63) is 0 Å². The van der Waals surface area contributed by atoms with E-state index in [1.807, 2.05) is 0 Å². The van der Waals surface area contributed by atoms with Crippen molar-refractivity contribution in [1.82, 2.24) is 26.6 Å². The van der Waals surface area contributed by atoms with Crippen molar-refractivity contribution in [3.8, 4) is 0 Å². The highest BCUT2D eigenvalue weighted by Crippen LogP contribution is 2.17. The Kier molecular flexibility index (Phi) is 48.4. The third-order valence-corrected chi connectivity index (χ3v) is 15.5. The Morgan fingerprint density at radius 2 is 0.937 bits per heavy atom. The number of nitrogens with one attached hydrogen (secondary N) is 5. The number of unbranched alkanes of at least 4 members (excludes halogenated alkanes) is 28. The number of ether oxygens (including phenoxy) is 2. The first-order chi connectivity index (χ1) is 37.9.